The predicted molar refractivity (Wildman–Crippen MR) is 89.6 cm³/mol. The average molecular weight is 328 g/mol. The number of para-hydroxylation sites is 1. The lowest BCUT2D eigenvalue weighted by Gasteiger charge is -2.37. The molecule has 5 nitrogen and oxygen atoms in total. The predicted octanol–water partition coefficient (Wildman–Crippen LogP) is 3.73. The van der Waals surface area contributed by atoms with Gasteiger partial charge in [-0.2, -0.15) is 5.10 Å². The molecule has 2 aromatic carbocycles. The summed E-state index contributed by atoms with van der Waals surface area (Å²) in [5.74, 6) is 1.40. The number of benzene rings is 2. The zero-order valence-electron chi connectivity index (χ0n) is 13.0. The van der Waals surface area contributed by atoms with Crippen molar-refractivity contribution in [3.8, 4) is 11.5 Å². The van der Waals surface area contributed by atoms with E-state index >= 15 is 0 Å². The molecule has 0 bridgehead atoms. The van der Waals surface area contributed by atoms with Crippen molar-refractivity contribution in [2.75, 3.05) is 7.11 Å². The van der Waals surface area contributed by atoms with E-state index in [2.05, 4.69) is 5.10 Å². The van der Waals surface area contributed by atoms with Crippen LogP contribution in [0.15, 0.2) is 53.6 Å². The van der Waals surface area contributed by atoms with Crippen molar-refractivity contribution in [2.45, 2.75) is 19.4 Å². The van der Waals surface area contributed by atoms with Gasteiger partial charge >= 0.3 is 7.52 Å². The molecule has 23 heavy (non-hydrogen) atoms. The smallest absolute Gasteiger partial charge is 0.390 e. The van der Waals surface area contributed by atoms with Crippen LogP contribution in [0.2, 0.25) is 0 Å². The molecule has 0 aromatic heterocycles. The van der Waals surface area contributed by atoms with Gasteiger partial charge in [-0.1, -0.05) is 18.2 Å². The Balaban J connectivity index is 1.85. The second kappa shape index (κ2) is 5.14. The Bertz CT molecular complexity index is 832. The van der Waals surface area contributed by atoms with Crippen LogP contribution in [0.4, 0.5) is 0 Å². The van der Waals surface area contributed by atoms with E-state index in [4.69, 9.17) is 9.26 Å². The van der Waals surface area contributed by atoms with E-state index in [1.54, 1.807) is 36.2 Å². The molecule has 2 aliphatic rings. The van der Waals surface area contributed by atoms with Crippen molar-refractivity contribution in [3.63, 3.8) is 0 Å². The molecule has 0 amide bonds. The Morgan fingerprint density at radius 3 is 2.70 bits per heavy atom. The standard InChI is InChI=1S/C17H17N2O3P/c1-12-11-16-15-5-3-4-6-17(15)22-23(20,19(16)18-12)14-9-7-13(21-2)8-10-14/h3-10,16H,11H2,1-2H3. The van der Waals surface area contributed by atoms with Crippen LogP contribution in [0.25, 0.3) is 0 Å². The Morgan fingerprint density at radius 2 is 1.96 bits per heavy atom. The maximum Gasteiger partial charge on any atom is 0.390 e. The summed E-state index contributed by atoms with van der Waals surface area (Å²) in [4.78, 5) is 0. The van der Waals surface area contributed by atoms with Gasteiger partial charge in [0.25, 0.3) is 0 Å². The third-order valence-electron chi connectivity index (χ3n) is 4.21. The molecular formula is C17H17N2O3P. The van der Waals surface area contributed by atoms with Gasteiger partial charge < -0.3 is 9.26 Å². The summed E-state index contributed by atoms with van der Waals surface area (Å²) in [5.41, 5.74) is 2.00. The van der Waals surface area contributed by atoms with Gasteiger partial charge in [-0.3, -0.25) is 0 Å². The van der Waals surface area contributed by atoms with Crippen LogP contribution in [-0.2, 0) is 4.57 Å². The molecule has 0 spiro atoms. The molecule has 4 rings (SSSR count). The monoisotopic (exact) mass is 328 g/mol. The summed E-state index contributed by atoms with van der Waals surface area (Å²) in [6, 6.07) is 14.9. The first-order valence-corrected chi connectivity index (χ1v) is 9.06. The summed E-state index contributed by atoms with van der Waals surface area (Å²) in [5, 5.41) is 5.13. The van der Waals surface area contributed by atoms with E-state index < -0.39 is 7.52 Å². The van der Waals surface area contributed by atoms with E-state index in [9.17, 15) is 4.57 Å². The lowest BCUT2D eigenvalue weighted by Crippen LogP contribution is -2.30. The van der Waals surface area contributed by atoms with Gasteiger partial charge in [0.1, 0.15) is 11.5 Å². The Hall–Kier alpha value is -2.26. The maximum atomic E-state index is 13.7. The highest BCUT2D eigenvalue weighted by atomic mass is 31.2. The molecular weight excluding hydrogens is 311 g/mol. The lowest BCUT2D eigenvalue weighted by molar-refractivity contribution is 0.300. The molecule has 2 unspecified atom stereocenters. The normalized spacial score (nSPS) is 25.2. The highest BCUT2D eigenvalue weighted by Gasteiger charge is 2.48. The number of rotatable bonds is 2. The van der Waals surface area contributed by atoms with Crippen molar-refractivity contribution in [1.82, 2.24) is 4.78 Å². The third-order valence-corrected chi connectivity index (χ3v) is 6.51. The minimum atomic E-state index is -3.28. The molecule has 0 aliphatic carbocycles. The fourth-order valence-corrected chi connectivity index (χ4v) is 5.31. The van der Waals surface area contributed by atoms with Crippen LogP contribution < -0.4 is 14.6 Å². The van der Waals surface area contributed by atoms with Crippen LogP contribution in [0.3, 0.4) is 0 Å². The number of fused-ring (bicyclic) bond motifs is 3. The van der Waals surface area contributed by atoms with Crippen LogP contribution in [0.5, 0.6) is 11.5 Å². The number of nitrogens with zero attached hydrogens (tertiary/aromatic N) is 2. The summed E-state index contributed by atoms with van der Waals surface area (Å²) in [6.07, 6.45) is 0.764. The van der Waals surface area contributed by atoms with Crippen LogP contribution in [0.1, 0.15) is 24.9 Å². The van der Waals surface area contributed by atoms with Crippen LogP contribution >= 0.6 is 7.52 Å². The molecule has 0 saturated heterocycles. The minimum Gasteiger partial charge on any atom is -0.497 e. The fraction of sp³-hybridized carbons (Fsp3) is 0.235. The molecule has 2 aromatic rings. The molecule has 6 heteroatoms. The van der Waals surface area contributed by atoms with Gasteiger partial charge in [0.2, 0.25) is 0 Å². The highest BCUT2D eigenvalue weighted by molar-refractivity contribution is 7.65. The van der Waals surface area contributed by atoms with Gasteiger partial charge in [0, 0.05) is 17.7 Å². The summed E-state index contributed by atoms with van der Waals surface area (Å²) in [6.45, 7) is 1.96. The molecule has 0 N–H and O–H groups in total. The number of methoxy groups -OCH3 is 1. The van der Waals surface area contributed by atoms with Crippen molar-refractivity contribution < 1.29 is 13.8 Å². The topological polar surface area (TPSA) is 51.1 Å². The van der Waals surface area contributed by atoms with E-state index in [0.29, 0.717) is 11.1 Å². The second-order valence-corrected chi connectivity index (χ2v) is 7.87. The third kappa shape index (κ3) is 2.15. The second-order valence-electron chi connectivity index (χ2n) is 5.72. The summed E-state index contributed by atoms with van der Waals surface area (Å²) < 4.78 is 26.5. The van der Waals surface area contributed by atoms with Crippen molar-refractivity contribution in [2.24, 2.45) is 5.10 Å². The summed E-state index contributed by atoms with van der Waals surface area (Å²) >= 11 is 0. The van der Waals surface area contributed by atoms with E-state index in [-0.39, 0.29) is 6.04 Å². The minimum absolute atomic E-state index is 0.0344. The van der Waals surface area contributed by atoms with Gasteiger partial charge in [-0.05, 0) is 37.3 Å². The van der Waals surface area contributed by atoms with Crippen molar-refractivity contribution >= 4 is 18.5 Å². The maximum absolute atomic E-state index is 13.7. The van der Waals surface area contributed by atoms with Crippen molar-refractivity contribution in [3.05, 3.63) is 54.1 Å². The van der Waals surface area contributed by atoms with Gasteiger partial charge in [-0.15, -0.1) is 0 Å². The van der Waals surface area contributed by atoms with E-state index in [1.807, 2.05) is 31.2 Å². The molecule has 0 saturated carbocycles. The molecule has 0 radical (unpaired) electrons. The van der Waals surface area contributed by atoms with Gasteiger partial charge in [-0.25, -0.2) is 9.34 Å². The first kappa shape index (κ1) is 14.3. The van der Waals surface area contributed by atoms with Gasteiger partial charge in [0.05, 0.1) is 18.5 Å². The average Bonchev–Trinajstić information content (AvgIpc) is 2.98. The Labute approximate surface area is 135 Å². The first-order valence-electron chi connectivity index (χ1n) is 7.49. The number of ether oxygens (including phenoxy) is 1. The SMILES string of the molecule is COc1ccc(P2(=O)Oc3ccccc3C3CC(C)=NN32)cc1. The molecule has 2 atom stereocenters. The highest BCUT2D eigenvalue weighted by Crippen LogP contribution is 2.61. The van der Waals surface area contributed by atoms with Crippen LogP contribution in [0, 0.1) is 0 Å². The van der Waals surface area contributed by atoms with Crippen LogP contribution in [-0.4, -0.2) is 17.6 Å². The Kier molecular flexibility index (Phi) is 3.20. The van der Waals surface area contributed by atoms with Crippen molar-refractivity contribution in [1.29, 1.82) is 0 Å². The first-order chi connectivity index (χ1) is 11.1. The fourth-order valence-electron chi connectivity index (χ4n) is 3.08. The Morgan fingerprint density at radius 1 is 1.22 bits per heavy atom. The van der Waals surface area contributed by atoms with Gasteiger partial charge in [0.15, 0.2) is 0 Å². The molecule has 118 valence electrons. The zero-order chi connectivity index (χ0) is 16.0. The summed E-state index contributed by atoms with van der Waals surface area (Å²) in [7, 11) is -1.67. The number of hydrogen-bond donors (Lipinski definition) is 0. The number of hydrogen-bond acceptors (Lipinski definition) is 4. The van der Waals surface area contributed by atoms with E-state index in [1.165, 1.54) is 0 Å². The molecule has 0 fully saturated rings. The largest absolute Gasteiger partial charge is 0.497 e. The number of hydrazone groups is 1. The van der Waals surface area contributed by atoms with E-state index in [0.717, 1.165) is 23.4 Å². The molecule has 2 heterocycles. The lowest BCUT2D eigenvalue weighted by atomic mass is 10.0. The zero-order valence-corrected chi connectivity index (χ0v) is 13.9. The molecule has 2 aliphatic heterocycles. The quantitative estimate of drug-likeness (QED) is 0.788.